The Kier molecular flexibility index (Phi) is 8.08. The van der Waals surface area contributed by atoms with E-state index in [0.29, 0.717) is 0 Å². The van der Waals surface area contributed by atoms with Gasteiger partial charge in [0.1, 0.15) is 0 Å². The molecular formula is C28H32NP. The normalized spacial score (nSPS) is 11.9. The summed E-state index contributed by atoms with van der Waals surface area (Å²) in [6, 6.07) is 32.7. The number of hydrogen-bond acceptors (Lipinski definition) is 0. The first-order valence-electron chi connectivity index (χ1n) is 10.6. The molecule has 0 heterocycles. The lowest BCUT2D eigenvalue weighted by Crippen LogP contribution is -2.30. The highest BCUT2D eigenvalue weighted by Gasteiger charge is 2.24. The van der Waals surface area contributed by atoms with Crippen LogP contribution < -0.4 is 21.2 Å². The Hall–Kier alpha value is -2.60. The van der Waals surface area contributed by atoms with Crippen molar-refractivity contribution in [2.45, 2.75) is 26.7 Å². The molecule has 0 spiro atoms. The lowest BCUT2D eigenvalue weighted by molar-refractivity contribution is 0.942. The molecule has 1 nitrogen and oxygen atoms in total. The van der Waals surface area contributed by atoms with E-state index in [9.17, 15) is 0 Å². The van der Waals surface area contributed by atoms with E-state index in [-0.39, 0.29) is 0 Å². The lowest BCUT2D eigenvalue weighted by Gasteiger charge is -2.28. The van der Waals surface area contributed by atoms with Gasteiger partial charge < -0.3 is 0 Å². The molecule has 0 saturated heterocycles. The maximum atomic E-state index is 4.00. The Morgan fingerprint density at radius 3 is 1.60 bits per heavy atom. The van der Waals surface area contributed by atoms with Crippen molar-refractivity contribution in [1.82, 2.24) is 5.32 Å². The summed E-state index contributed by atoms with van der Waals surface area (Å²) >= 11 is 0. The van der Waals surface area contributed by atoms with Gasteiger partial charge in [0.05, 0.1) is 0 Å². The summed E-state index contributed by atoms with van der Waals surface area (Å²) in [6.07, 6.45) is 4.43. The van der Waals surface area contributed by atoms with E-state index >= 15 is 0 Å². The smallest absolute Gasteiger partial charge is 0.0202 e. The van der Waals surface area contributed by atoms with E-state index in [1.165, 1.54) is 27.1 Å². The van der Waals surface area contributed by atoms with Gasteiger partial charge in [0.15, 0.2) is 0 Å². The Labute approximate surface area is 182 Å². The molecule has 0 aliphatic carbocycles. The van der Waals surface area contributed by atoms with Crippen molar-refractivity contribution < 1.29 is 0 Å². The fourth-order valence-electron chi connectivity index (χ4n) is 3.64. The third-order valence-corrected chi connectivity index (χ3v) is 9.13. The quantitative estimate of drug-likeness (QED) is 0.354. The van der Waals surface area contributed by atoms with E-state index < -0.39 is 6.89 Å². The van der Waals surface area contributed by atoms with Crippen LogP contribution in [0.4, 0.5) is 0 Å². The average molecular weight is 414 g/mol. The summed E-state index contributed by atoms with van der Waals surface area (Å²) in [5.74, 6) is 2.38. The lowest BCUT2D eigenvalue weighted by atomic mass is 10.1. The summed E-state index contributed by atoms with van der Waals surface area (Å²) in [5.41, 5.74) is 2.60. The Morgan fingerprint density at radius 1 is 0.767 bits per heavy atom. The molecule has 0 fully saturated rings. The molecule has 0 aliphatic rings. The molecule has 1 N–H and O–H groups in total. The van der Waals surface area contributed by atoms with Crippen molar-refractivity contribution in [3.05, 3.63) is 115 Å². The Balaban J connectivity index is 2.05. The van der Waals surface area contributed by atoms with Crippen molar-refractivity contribution in [1.29, 1.82) is 0 Å². The van der Waals surface area contributed by atoms with E-state index in [4.69, 9.17) is 0 Å². The average Bonchev–Trinajstić information content (AvgIpc) is 2.78. The topological polar surface area (TPSA) is 12.0 Å². The zero-order valence-electron chi connectivity index (χ0n) is 18.1. The van der Waals surface area contributed by atoms with Gasteiger partial charge in [0, 0.05) is 6.54 Å². The van der Waals surface area contributed by atoms with Crippen molar-refractivity contribution in [3.63, 3.8) is 0 Å². The van der Waals surface area contributed by atoms with Gasteiger partial charge in [-0.1, -0.05) is 108 Å². The fraction of sp³-hybridized carbons (Fsp3) is 0.179. The highest BCUT2D eigenvalue weighted by Crippen LogP contribution is 2.42. The van der Waals surface area contributed by atoms with Crippen LogP contribution in [0.2, 0.25) is 0 Å². The molecule has 0 aliphatic heterocycles. The Bertz CT molecular complexity index is 915. The molecule has 0 radical (unpaired) electrons. The fourth-order valence-corrected chi connectivity index (χ4v) is 7.27. The molecule has 0 bridgehead atoms. The molecule has 0 aromatic heterocycles. The largest absolute Gasteiger partial charge is 0.290 e. The van der Waals surface area contributed by atoms with E-state index in [1.807, 2.05) is 0 Å². The van der Waals surface area contributed by atoms with Crippen LogP contribution in [-0.4, -0.2) is 12.5 Å². The van der Waals surface area contributed by atoms with Crippen LogP contribution in [-0.2, 0) is 0 Å². The third-order valence-electron chi connectivity index (χ3n) is 5.22. The summed E-state index contributed by atoms with van der Waals surface area (Å²) in [7, 11) is 0. The minimum Gasteiger partial charge on any atom is -0.290 e. The molecule has 30 heavy (non-hydrogen) atoms. The van der Waals surface area contributed by atoms with Crippen LogP contribution in [0, 0.1) is 0 Å². The molecule has 0 saturated carbocycles. The van der Waals surface area contributed by atoms with Crippen molar-refractivity contribution in [2.75, 3.05) is 6.54 Å². The van der Waals surface area contributed by atoms with Crippen LogP contribution in [0.15, 0.2) is 115 Å². The molecule has 3 aromatic rings. The van der Waals surface area contributed by atoms with Crippen molar-refractivity contribution in [3.8, 4) is 0 Å². The number of allylic oxidation sites excluding steroid dienone is 2. The molecule has 0 amide bonds. The van der Waals surface area contributed by atoms with Gasteiger partial charge in [-0.25, -0.2) is 0 Å². The Morgan fingerprint density at radius 2 is 1.20 bits per heavy atom. The molecule has 0 unspecified atom stereocenters. The molecule has 2 heteroatoms. The summed E-state index contributed by atoms with van der Waals surface area (Å²) in [4.78, 5) is 0. The van der Waals surface area contributed by atoms with E-state index in [2.05, 4.69) is 129 Å². The molecule has 3 rings (SSSR count). The first-order chi connectivity index (χ1) is 14.6. The van der Waals surface area contributed by atoms with Gasteiger partial charge in [-0.05, 0) is 55.4 Å². The molecule has 154 valence electrons. The van der Waals surface area contributed by atoms with Gasteiger partial charge in [-0.2, -0.15) is 0 Å². The number of benzene rings is 3. The van der Waals surface area contributed by atoms with Crippen molar-refractivity contribution >= 4 is 28.7 Å². The number of nitrogens with one attached hydrogen (secondary N) is 1. The highest BCUT2D eigenvalue weighted by atomic mass is 31.2. The standard InChI is InChI=1S/C28H32NP/c1-24(2)14-13-15-25(3)22-29-23-30(26-16-7-4-8-17-26,27-18-9-5-10-19-27)28-20-11-6-12-21-28/h4-12,15-21,23,29H,1,13-14,22H2,2-3H3/b25-15+. The highest BCUT2D eigenvalue weighted by molar-refractivity contribution is 7.94. The summed E-state index contributed by atoms with van der Waals surface area (Å²) in [5, 5.41) is 7.77. The minimum atomic E-state index is -1.93. The van der Waals surface area contributed by atoms with E-state index in [1.54, 1.807) is 0 Å². The van der Waals surface area contributed by atoms with Gasteiger partial charge in [0.2, 0.25) is 0 Å². The molecular weight excluding hydrogens is 381 g/mol. The number of rotatable bonds is 9. The van der Waals surface area contributed by atoms with E-state index in [0.717, 1.165) is 19.4 Å². The molecule has 0 atom stereocenters. The van der Waals surface area contributed by atoms with Crippen molar-refractivity contribution in [2.24, 2.45) is 0 Å². The second kappa shape index (κ2) is 11.0. The second-order valence-corrected chi connectivity index (χ2v) is 11.0. The van der Waals surface area contributed by atoms with Crippen LogP contribution >= 0.6 is 6.89 Å². The predicted molar refractivity (Wildman–Crippen MR) is 137 cm³/mol. The molecule has 3 aromatic carbocycles. The van der Waals surface area contributed by atoms with Gasteiger partial charge in [-0.3, -0.25) is 5.32 Å². The minimum absolute atomic E-state index is 0.852. The first kappa shape index (κ1) is 22.1. The number of hydrogen-bond donors (Lipinski definition) is 1. The van der Waals surface area contributed by atoms with Crippen LogP contribution in [0.5, 0.6) is 0 Å². The monoisotopic (exact) mass is 413 g/mol. The van der Waals surface area contributed by atoms with Crippen LogP contribution in [0.1, 0.15) is 26.7 Å². The third kappa shape index (κ3) is 5.51. The van der Waals surface area contributed by atoms with Crippen LogP contribution in [0.3, 0.4) is 0 Å². The summed E-state index contributed by atoms with van der Waals surface area (Å²) in [6.45, 7) is 7.22. The maximum Gasteiger partial charge on any atom is 0.0202 e. The van der Waals surface area contributed by atoms with Gasteiger partial charge in [-0.15, -0.1) is 6.58 Å². The van der Waals surface area contributed by atoms with Gasteiger partial charge >= 0.3 is 0 Å². The van der Waals surface area contributed by atoms with Gasteiger partial charge in [0.25, 0.3) is 0 Å². The zero-order chi connectivity index (χ0) is 21.2. The predicted octanol–water partition coefficient (Wildman–Crippen LogP) is 5.63. The summed E-state index contributed by atoms with van der Waals surface area (Å²) < 4.78 is 0. The second-order valence-electron chi connectivity index (χ2n) is 7.79. The van der Waals surface area contributed by atoms with Crippen LogP contribution in [0.25, 0.3) is 0 Å². The SMILES string of the molecule is C=C(C)CC/C=C(\C)CNC=P(c1ccccc1)(c1ccccc1)c1ccccc1. The first-order valence-corrected chi connectivity index (χ1v) is 12.4. The maximum absolute atomic E-state index is 4.00. The zero-order valence-corrected chi connectivity index (χ0v) is 19.0.